The Balaban J connectivity index is 1.65. The number of ether oxygens (including phenoxy) is 7. The van der Waals surface area contributed by atoms with E-state index in [9.17, 15) is 34.2 Å². The Morgan fingerprint density at radius 2 is 1.60 bits per heavy atom. The fourth-order valence-corrected chi connectivity index (χ4v) is 11.8. The molecule has 1 aliphatic carbocycles. The molecule has 3 fully saturated rings. The van der Waals surface area contributed by atoms with Crippen LogP contribution in [0, 0.1) is 17.8 Å². The molecule has 2 N–H and O–H groups in total. The van der Waals surface area contributed by atoms with Gasteiger partial charge in [-0.1, -0.05) is 71.1 Å². The van der Waals surface area contributed by atoms with Crippen LogP contribution in [0.4, 0.5) is 0 Å². The maximum Gasteiger partial charge on any atom is 0.329 e. The number of aliphatic hydroxyl groups is 2. The molecule has 16 nitrogen and oxygen atoms in total. The molecular formula is C58H95NO15Si. The van der Waals surface area contributed by atoms with E-state index in [0.717, 1.165) is 24.8 Å². The SMILES string of the molecule is COCCOCCOC1C[C@@H]2CC[C@@H](C)[C@@](O)(O2)C(=O)C(=O)N2CCCC[C@H]2C(=O)O[C@H]([C@H](C)C[C@@H]2CCC(O[Si](C)(C)C(C)(C)C)[C@H](OC)C2)CC(=O)C/C=C(\C)[C@@H](O)[C@@H](OC)C(=O)CCC/C=C/C=C/C=C/1C. The van der Waals surface area contributed by atoms with E-state index in [1.165, 1.54) is 12.0 Å². The number of esters is 1. The number of methoxy groups -OCH3 is 3. The number of cyclic esters (lactones) is 1. The van der Waals surface area contributed by atoms with Gasteiger partial charge < -0.3 is 52.7 Å². The highest BCUT2D eigenvalue weighted by molar-refractivity contribution is 6.74. The van der Waals surface area contributed by atoms with Crippen molar-refractivity contribution in [1.82, 2.24) is 4.90 Å². The largest absolute Gasteiger partial charge is 0.460 e. The summed E-state index contributed by atoms with van der Waals surface area (Å²) in [7, 11) is 2.60. The van der Waals surface area contributed by atoms with E-state index in [2.05, 4.69) is 33.9 Å². The van der Waals surface area contributed by atoms with E-state index in [0.29, 0.717) is 70.3 Å². The molecule has 2 unspecified atom stereocenters. The number of nitrogens with zero attached hydrogens (tertiary/aromatic N) is 1. The van der Waals surface area contributed by atoms with E-state index in [4.69, 9.17) is 37.6 Å². The van der Waals surface area contributed by atoms with Gasteiger partial charge in [0.2, 0.25) is 5.79 Å². The number of carbonyl (C=O) groups is 5. The molecule has 0 aromatic rings. The zero-order valence-electron chi connectivity index (χ0n) is 47.6. The van der Waals surface area contributed by atoms with Crippen LogP contribution in [0.15, 0.2) is 47.6 Å². The number of Topliss-reactive ketones (excluding diaryl/α,β-unsaturated/α-hetero) is 3. The highest BCUT2D eigenvalue weighted by Crippen LogP contribution is 2.42. The molecule has 426 valence electrons. The fourth-order valence-electron chi connectivity index (χ4n) is 10.4. The minimum absolute atomic E-state index is 0.0309. The molecular weight excluding hydrogens is 979 g/mol. The average Bonchev–Trinajstić information content (AvgIpc) is 3.37. The first kappa shape index (κ1) is 64.3. The Kier molecular flexibility index (Phi) is 26.4. The van der Waals surface area contributed by atoms with Gasteiger partial charge in [0.05, 0.1) is 50.8 Å². The molecule has 4 rings (SSSR count). The van der Waals surface area contributed by atoms with Crippen molar-refractivity contribution >= 4 is 37.5 Å². The fraction of sp³-hybridized carbons (Fsp3) is 0.776. The van der Waals surface area contributed by atoms with Crippen molar-refractivity contribution in [3.05, 3.63) is 47.6 Å². The Hall–Kier alpha value is -3.23. The van der Waals surface area contributed by atoms with E-state index < -0.39 is 74.2 Å². The molecule has 12 atom stereocenters. The summed E-state index contributed by atoms with van der Waals surface area (Å²) in [5.41, 5.74) is 1.26. The van der Waals surface area contributed by atoms with Crippen molar-refractivity contribution in [3.8, 4) is 0 Å². The van der Waals surface area contributed by atoms with Gasteiger partial charge in [-0.05, 0) is 126 Å². The number of rotatable bonds is 14. The van der Waals surface area contributed by atoms with E-state index >= 15 is 0 Å². The molecule has 1 saturated carbocycles. The molecule has 0 aromatic carbocycles. The van der Waals surface area contributed by atoms with Crippen LogP contribution in [0.2, 0.25) is 18.1 Å². The molecule has 17 heteroatoms. The molecule has 4 aliphatic rings. The number of fused-ring (bicyclic) bond motifs is 3. The number of allylic oxidation sites excluding steroid dienone is 6. The average molecular weight is 1070 g/mol. The second-order valence-electron chi connectivity index (χ2n) is 23.1. The van der Waals surface area contributed by atoms with Crippen molar-refractivity contribution < 1.29 is 71.8 Å². The summed E-state index contributed by atoms with van der Waals surface area (Å²) in [6.07, 6.45) is 13.0. The van der Waals surface area contributed by atoms with E-state index in [-0.39, 0.29) is 85.9 Å². The number of hydrogen-bond donors (Lipinski definition) is 2. The monoisotopic (exact) mass is 1070 g/mol. The summed E-state index contributed by atoms with van der Waals surface area (Å²) < 4.78 is 48.1. The molecule has 3 aliphatic heterocycles. The number of ketones is 3. The van der Waals surface area contributed by atoms with Crippen LogP contribution >= 0.6 is 0 Å². The molecule has 0 spiro atoms. The number of aliphatic hydroxyl groups excluding tert-OH is 1. The van der Waals surface area contributed by atoms with Crippen LogP contribution in [-0.2, 0) is 61.6 Å². The molecule has 2 saturated heterocycles. The van der Waals surface area contributed by atoms with Gasteiger partial charge in [-0.3, -0.25) is 19.2 Å². The van der Waals surface area contributed by atoms with Gasteiger partial charge in [0.25, 0.3) is 11.7 Å². The highest BCUT2D eigenvalue weighted by atomic mass is 28.4. The van der Waals surface area contributed by atoms with Crippen molar-refractivity contribution in [3.63, 3.8) is 0 Å². The number of hydrogen-bond acceptors (Lipinski definition) is 15. The third-order valence-corrected chi connectivity index (χ3v) is 20.9. The minimum atomic E-state index is -2.46. The number of amides is 1. The lowest BCUT2D eigenvalue weighted by molar-refractivity contribution is -0.266. The van der Waals surface area contributed by atoms with Crippen molar-refractivity contribution in [2.45, 2.75) is 217 Å². The summed E-state index contributed by atoms with van der Waals surface area (Å²) in [5, 5.41) is 23.5. The zero-order chi connectivity index (χ0) is 55.5. The molecule has 75 heavy (non-hydrogen) atoms. The summed E-state index contributed by atoms with van der Waals surface area (Å²) in [4.78, 5) is 72.1. The Morgan fingerprint density at radius 1 is 0.867 bits per heavy atom. The van der Waals surface area contributed by atoms with Crippen LogP contribution in [0.3, 0.4) is 0 Å². The second-order valence-corrected chi connectivity index (χ2v) is 27.8. The van der Waals surface area contributed by atoms with E-state index in [1.54, 1.807) is 34.1 Å². The van der Waals surface area contributed by atoms with Crippen LogP contribution in [-0.4, -0.2) is 162 Å². The normalized spacial score (nSPS) is 34.1. The molecule has 2 bridgehead atoms. The molecule has 0 aromatic heterocycles. The van der Waals surface area contributed by atoms with Gasteiger partial charge in [0.15, 0.2) is 14.1 Å². The van der Waals surface area contributed by atoms with Gasteiger partial charge in [-0.25, -0.2) is 4.79 Å². The molecule has 3 heterocycles. The predicted octanol–water partition coefficient (Wildman–Crippen LogP) is 8.51. The maximum atomic E-state index is 14.6. The van der Waals surface area contributed by atoms with Crippen LogP contribution in [0.5, 0.6) is 0 Å². The maximum absolute atomic E-state index is 14.6. The minimum Gasteiger partial charge on any atom is -0.460 e. The van der Waals surface area contributed by atoms with Crippen molar-refractivity contribution in [2.75, 3.05) is 54.3 Å². The highest BCUT2D eigenvalue weighted by Gasteiger charge is 2.53. The van der Waals surface area contributed by atoms with Crippen LogP contribution in [0.25, 0.3) is 0 Å². The smallest absolute Gasteiger partial charge is 0.329 e. The van der Waals surface area contributed by atoms with Gasteiger partial charge in [-0.2, -0.15) is 0 Å². The van der Waals surface area contributed by atoms with Crippen LogP contribution in [0.1, 0.15) is 145 Å². The third kappa shape index (κ3) is 19.0. The quantitative estimate of drug-likeness (QED) is 0.0551. The first-order valence-electron chi connectivity index (χ1n) is 27.7. The standard InChI is InChI=1S/C58H95NO15Si/c1-39-21-17-15-13-14-16-18-23-47(61)53(69-10)52(62)40(2)24-27-44(60)37-50(41(3)35-43-26-29-48(51(36-43)68-9)74-75(11,12)57(5,6)7)72-56(65)46-22-19-20-30-59(46)55(64)54(63)58(66)42(4)25-28-45(73-58)38-49(39)71-34-33-70-32-31-67-8/h13-15,17,21,24,41-43,45-46,48-53,62,66H,16,18-20,22-23,25-38H2,1-12H3/b14-13+,17-15+,39-21+,40-24+/t41-,42-,43+,45+,46+,48?,49?,50+,51-,52-,53+,58-/m1/s1. The van der Waals surface area contributed by atoms with Gasteiger partial charge in [0, 0.05) is 59.5 Å². The summed E-state index contributed by atoms with van der Waals surface area (Å²) in [5.74, 6) is -6.73. The third-order valence-electron chi connectivity index (χ3n) is 16.4. The Morgan fingerprint density at radius 3 is 2.29 bits per heavy atom. The number of piperidine rings is 1. The lowest BCUT2D eigenvalue weighted by Crippen LogP contribution is -2.61. The lowest BCUT2D eigenvalue weighted by Gasteiger charge is -2.44. The topological polar surface area (TPSA) is 203 Å². The lowest BCUT2D eigenvalue weighted by atomic mass is 9.78. The van der Waals surface area contributed by atoms with Crippen LogP contribution < -0.4 is 0 Å². The van der Waals surface area contributed by atoms with Crippen molar-refractivity contribution in [2.24, 2.45) is 17.8 Å². The summed E-state index contributed by atoms with van der Waals surface area (Å²) in [6, 6.07) is -1.14. The predicted molar refractivity (Wildman–Crippen MR) is 289 cm³/mol. The van der Waals surface area contributed by atoms with E-state index in [1.807, 2.05) is 44.2 Å². The first-order valence-corrected chi connectivity index (χ1v) is 30.6. The molecule has 1 amide bonds. The van der Waals surface area contributed by atoms with Gasteiger partial charge in [0.1, 0.15) is 30.1 Å². The van der Waals surface area contributed by atoms with Crippen molar-refractivity contribution in [1.29, 1.82) is 0 Å². The summed E-state index contributed by atoms with van der Waals surface area (Å²) in [6.45, 7) is 19.9. The van der Waals surface area contributed by atoms with Gasteiger partial charge >= 0.3 is 5.97 Å². The van der Waals surface area contributed by atoms with Gasteiger partial charge in [-0.15, -0.1) is 0 Å². The summed E-state index contributed by atoms with van der Waals surface area (Å²) >= 11 is 0. The first-order chi connectivity index (χ1) is 35.5. The number of carbonyl (C=O) groups excluding carboxylic acids is 5. The Bertz CT molecular complexity index is 1980. The molecule has 0 radical (unpaired) electrons. The Labute approximate surface area is 449 Å². The zero-order valence-corrected chi connectivity index (χ0v) is 48.6. The second kappa shape index (κ2) is 30.8.